The van der Waals surface area contributed by atoms with Crippen LogP contribution in [0.15, 0.2) is 78.9 Å². The number of rotatable bonds is 13. The number of hydrogen-bond acceptors (Lipinski definition) is 6. The quantitative estimate of drug-likeness (QED) is 0.209. The molecular weight excluding hydrogens is 408 g/mol. The highest BCUT2D eigenvalue weighted by Gasteiger charge is 2.08. The Morgan fingerprint density at radius 2 is 1.31 bits per heavy atom. The van der Waals surface area contributed by atoms with E-state index in [9.17, 15) is 4.79 Å². The maximum Gasteiger partial charge on any atom is 0.333 e. The normalized spacial score (nSPS) is 10.7. The molecule has 0 radical (unpaired) electrons. The minimum atomic E-state index is -0.408. The molecule has 3 rings (SSSR count). The summed E-state index contributed by atoms with van der Waals surface area (Å²) < 4.78 is 27.8. The lowest BCUT2D eigenvalue weighted by atomic mass is 10.1. The molecule has 0 N–H and O–H groups in total. The van der Waals surface area contributed by atoms with Crippen molar-refractivity contribution in [2.24, 2.45) is 0 Å². The van der Waals surface area contributed by atoms with Crippen LogP contribution >= 0.6 is 0 Å². The van der Waals surface area contributed by atoms with Gasteiger partial charge >= 0.3 is 5.97 Å². The van der Waals surface area contributed by atoms with Crippen molar-refractivity contribution in [1.29, 1.82) is 0 Å². The van der Waals surface area contributed by atoms with Gasteiger partial charge in [0.25, 0.3) is 0 Å². The van der Waals surface area contributed by atoms with Crippen LogP contribution in [-0.4, -0.2) is 45.6 Å². The van der Waals surface area contributed by atoms with Gasteiger partial charge in [0.2, 0.25) is 0 Å². The van der Waals surface area contributed by atoms with Gasteiger partial charge in [0, 0.05) is 16.3 Å². The highest BCUT2D eigenvalue weighted by molar-refractivity contribution is 5.93. The second-order valence-electron chi connectivity index (χ2n) is 7.01. The first kappa shape index (κ1) is 23.3. The van der Waals surface area contributed by atoms with Gasteiger partial charge < -0.3 is 23.7 Å². The molecule has 6 heteroatoms. The summed E-state index contributed by atoms with van der Waals surface area (Å²) in [5, 5.41) is 1.96. The maximum atomic E-state index is 11.2. The van der Waals surface area contributed by atoms with Gasteiger partial charge in [-0.2, -0.15) is 0 Å². The van der Waals surface area contributed by atoms with Crippen molar-refractivity contribution in [2.75, 3.05) is 39.6 Å². The minimum Gasteiger partial charge on any atom is -0.491 e. The van der Waals surface area contributed by atoms with E-state index in [2.05, 4.69) is 6.58 Å². The van der Waals surface area contributed by atoms with Crippen LogP contribution in [0.5, 0.6) is 17.2 Å². The van der Waals surface area contributed by atoms with Crippen LogP contribution in [-0.2, 0) is 19.0 Å². The van der Waals surface area contributed by atoms with E-state index in [-0.39, 0.29) is 6.61 Å². The fourth-order valence-corrected chi connectivity index (χ4v) is 2.93. The van der Waals surface area contributed by atoms with Crippen LogP contribution in [0.1, 0.15) is 6.92 Å². The number of esters is 1. The van der Waals surface area contributed by atoms with Gasteiger partial charge in [-0.1, -0.05) is 49.0 Å². The molecule has 0 aromatic heterocycles. The van der Waals surface area contributed by atoms with E-state index in [0.717, 1.165) is 28.0 Å². The van der Waals surface area contributed by atoms with E-state index in [4.69, 9.17) is 23.7 Å². The van der Waals surface area contributed by atoms with Crippen molar-refractivity contribution in [3.8, 4) is 17.2 Å². The van der Waals surface area contributed by atoms with Crippen LogP contribution in [0.2, 0.25) is 0 Å². The Kier molecular flexibility index (Phi) is 9.10. The van der Waals surface area contributed by atoms with Crippen LogP contribution in [0.3, 0.4) is 0 Å². The molecule has 0 amide bonds. The van der Waals surface area contributed by atoms with Crippen LogP contribution in [0.4, 0.5) is 0 Å². The molecule has 0 atom stereocenters. The van der Waals surface area contributed by atoms with Gasteiger partial charge in [-0.25, -0.2) is 4.79 Å². The fourth-order valence-electron chi connectivity index (χ4n) is 2.93. The number of carbonyl (C=O) groups excluding carboxylic acids is 1. The molecule has 3 aromatic rings. The van der Waals surface area contributed by atoms with Crippen molar-refractivity contribution in [3.63, 3.8) is 0 Å². The van der Waals surface area contributed by atoms with E-state index in [1.165, 1.54) is 0 Å². The van der Waals surface area contributed by atoms with Gasteiger partial charge in [0.1, 0.15) is 30.5 Å². The summed E-state index contributed by atoms with van der Waals surface area (Å²) in [6.45, 7) is 7.35. The number of ether oxygens (including phenoxy) is 5. The molecule has 0 bridgehead atoms. The predicted octanol–water partition coefficient (Wildman–Crippen LogP) is 5.16. The molecule has 0 spiro atoms. The zero-order chi connectivity index (χ0) is 22.6. The molecule has 32 heavy (non-hydrogen) atoms. The van der Waals surface area contributed by atoms with Crippen molar-refractivity contribution >= 4 is 16.7 Å². The second kappa shape index (κ2) is 12.5. The topological polar surface area (TPSA) is 63.2 Å². The van der Waals surface area contributed by atoms with Crippen molar-refractivity contribution in [2.45, 2.75) is 6.92 Å². The molecule has 0 aliphatic carbocycles. The summed E-state index contributed by atoms with van der Waals surface area (Å²) >= 11 is 0. The molecule has 0 heterocycles. The Bertz CT molecular complexity index is 1020. The van der Waals surface area contributed by atoms with Gasteiger partial charge in [-0.15, -0.1) is 0 Å². The number of para-hydroxylation sites is 1. The summed E-state index contributed by atoms with van der Waals surface area (Å²) in [5.41, 5.74) is 0.375. The van der Waals surface area contributed by atoms with Crippen molar-refractivity contribution in [1.82, 2.24) is 0 Å². The Morgan fingerprint density at radius 1 is 0.719 bits per heavy atom. The Morgan fingerprint density at radius 3 is 2.00 bits per heavy atom. The van der Waals surface area contributed by atoms with E-state index in [1.54, 1.807) is 6.92 Å². The number of carbonyl (C=O) groups is 1. The van der Waals surface area contributed by atoms with E-state index >= 15 is 0 Å². The van der Waals surface area contributed by atoms with E-state index in [0.29, 0.717) is 38.6 Å². The summed E-state index contributed by atoms with van der Waals surface area (Å²) in [4.78, 5) is 11.2. The highest BCUT2D eigenvalue weighted by atomic mass is 16.6. The fraction of sp³-hybridized carbons (Fsp3) is 0.269. The lowest BCUT2D eigenvalue weighted by molar-refractivity contribution is -0.140. The smallest absolute Gasteiger partial charge is 0.333 e. The third-order valence-electron chi connectivity index (χ3n) is 4.48. The summed E-state index contributed by atoms with van der Waals surface area (Å²) in [6.07, 6.45) is 0. The van der Waals surface area contributed by atoms with Crippen LogP contribution in [0, 0.1) is 0 Å². The molecule has 168 valence electrons. The van der Waals surface area contributed by atoms with Gasteiger partial charge in [0.05, 0.1) is 26.4 Å². The SMILES string of the molecule is C=C(C)C(=O)OCCOCCOCCOc1cccc2c(Oc3ccccc3)cccc12. The molecule has 0 fully saturated rings. The average Bonchev–Trinajstić information content (AvgIpc) is 2.81. The third-order valence-corrected chi connectivity index (χ3v) is 4.48. The number of benzene rings is 3. The van der Waals surface area contributed by atoms with Gasteiger partial charge in [-0.3, -0.25) is 0 Å². The van der Waals surface area contributed by atoms with Crippen molar-refractivity contribution < 1.29 is 28.5 Å². The standard InChI is InChI=1S/C26H28O6/c1-20(2)26(27)31-19-17-29-15-14-28-16-18-30-24-12-6-11-23-22(24)10-7-13-25(23)32-21-8-4-3-5-9-21/h3-13H,1,14-19H2,2H3. The zero-order valence-electron chi connectivity index (χ0n) is 18.3. The molecule has 0 aliphatic heterocycles. The first-order chi connectivity index (χ1) is 15.6. The third kappa shape index (κ3) is 7.11. The maximum absolute atomic E-state index is 11.2. The second-order valence-corrected chi connectivity index (χ2v) is 7.01. The van der Waals surface area contributed by atoms with E-state index < -0.39 is 5.97 Å². The van der Waals surface area contributed by atoms with Gasteiger partial charge in [-0.05, 0) is 31.2 Å². The Balaban J connectivity index is 1.40. The van der Waals surface area contributed by atoms with Crippen molar-refractivity contribution in [3.05, 3.63) is 78.9 Å². The predicted molar refractivity (Wildman–Crippen MR) is 123 cm³/mol. The number of fused-ring (bicyclic) bond motifs is 1. The molecule has 0 saturated heterocycles. The van der Waals surface area contributed by atoms with E-state index in [1.807, 2.05) is 66.7 Å². The lowest BCUT2D eigenvalue weighted by Crippen LogP contribution is -2.14. The monoisotopic (exact) mass is 436 g/mol. The van der Waals surface area contributed by atoms with Crippen LogP contribution in [0.25, 0.3) is 10.8 Å². The highest BCUT2D eigenvalue weighted by Crippen LogP contribution is 2.34. The van der Waals surface area contributed by atoms with Gasteiger partial charge in [0.15, 0.2) is 0 Å². The summed E-state index contributed by atoms with van der Waals surface area (Å²) in [5.74, 6) is 1.94. The number of hydrogen-bond donors (Lipinski definition) is 0. The Hall–Kier alpha value is -3.35. The molecule has 0 saturated carbocycles. The Labute approximate surface area is 188 Å². The molecule has 6 nitrogen and oxygen atoms in total. The summed E-state index contributed by atoms with van der Waals surface area (Å²) in [7, 11) is 0. The first-order valence-corrected chi connectivity index (χ1v) is 10.5. The lowest BCUT2D eigenvalue weighted by Gasteiger charge is -2.13. The largest absolute Gasteiger partial charge is 0.491 e. The molecule has 0 unspecified atom stereocenters. The summed E-state index contributed by atoms with van der Waals surface area (Å²) in [6, 6.07) is 21.5. The minimum absolute atomic E-state index is 0.200. The van der Waals surface area contributed by atoms with Crippen LogP contribution < -0.4 is 9.47 Å². The molecule has 3 aromatic carbocycles. The average molecular weight is 437 g/mol. The zero-order valence-corrected chi connectivity index (χ0v) is 18.3. The molecular formula is C26H28O6. The first-order valence-electron chi connectivity index (χ1n) is 10.5. The molecule has 0 aliphatic rings.